The van der Waals surface area contributed by atoms with Crippen molar-refractivity contribution >= 4 is 72.6 Å². The minimum Gasteiger partial charge on any atom is -0.476 e. The molecule has 3 aliphatic heterocycles. The number of allylic oxidation sites excluding steroid dienone is 1. The molecule has 4 aliphatic rings. The summed E-state index contributed by atoms with van der Waals surface area (Å²) in [5, 5.41) is 16.7. The van der Waals surface area contributed by atoms with Gasteiger partial charge in [0.2, 0.25) is 5.88 Å². The Bertz CT molecular complexity index is 2750. The summed E-state index contributed by atoms with van der Waals surface area (Å²) in [4.78, 5) is 40.0. The lowest BCUT2D eigenvalue weighted by atomic mass is 9.79. The standard InChI is InChI=1S/C47H53ClN8O9S/c1-47(62-2)14-12-38(31-4-6-34(48)7-5-31)33(27-47)29-53-17-19-54(20-18-53)35-8-10-39(41(25-35)55-16-3-21-65-46-43(55)24-32-13-15-49-44(32)51-46)45(57)52-66(60,61)37-9-11-40(42(26-37)56(58)59)50-28-36-30-63-22-23-64-36/h4-11,13,15,24-26,36,50H,3,12,14,16-23,27-30H2,1-2H3,(H,49,51)(H,52,57)/t36-,47?/m0/s1. The highest BCUT2D eigenvalue weighted by atomic mass is 35.5. The van der Waals surface area contributed by atoms with Gasteiger partial charge in [0.25, 0.3) is 21.6 Å². The van der Waals surface area contributed by atoms with E-state index in [9.17, 15) is 23.3 Å². The topological polar surface area (TPSA) is 194 Å². The van der Waals surface area contributed by atoms with Gasteiger partial charge in [-0.15, -0.1) is 0 Å². The zero-order valence-corrected chi connectivity index (χ0v) is 38.5. The van der Waals surface area contributed by atoms with Crippen molar-refractivity contribution in [2.75, 3.05) is 94.5 Å². The van der Waals surface area contributed by atoms with E-state index in [1.165, 1.54) is 28.8 Å². The number of piperazine rings is 1. The van der Waals surface area contributed by atoms with E-state index in [-0.39, 0.29) is 29.5 Å². The van der Waals surface area contributed by atoms with Crippen LogP contribution in [0.3, 0.4) is 0 Å². The van der Waals surface area contributed by atoms with Crippen LogP contribution in [0.1, 0.15) is 48.5 Å². The second-order valence-electron chi connectivity index (χ2n) is 17.3. The fourth-order valence-electron chi connectivity index (χ4n) is 9.21. The molecule has 3 aromatic carbocycles. The Balaban J connectivity index is 0.988. The van der Waals surface area contributed by atoms with Crippen molar-refractivity contribution in [3.05, 3.63) is 111 Å². The number of methoxy groups -OCH3 is 1. The predicted octanol–water partition coefficient (Wildman–Crippen LogP) is 7.16. The molecule has 2 saturated heterocycles. The molecule has 1 amide bonds. The Morgan fingerprint density at radius 1 is 1.02 bits per heavy atom. The molecule has 2 aromatic heterocycles. The molecule has 0 radical (unpaired) electrons. The SMILES string of the molecule is COC1(C)CCC(c2ccc(Cl)cc2)=C(CN2CCN(c3ccc(C(=O)NS(=O)(=O)c4ccc(NC[C@H]5COCCO5)c([N+](=O)[O-])c4)c(N4CCCOc5nc6[nH]ccc6cc54)c3)CC2)C1. The first-order chi connectivity index (χ1) is 31.9. The zero-order chi connectivity index (χ0) is 46.0. The van der Waals surface area contributed by atoms with Gasteiger partial charge in [-0.05, 0) is 104 Å². The third-order valence-electron chi connectivity index (χ3n) is 12.9. The first-order valence-electron chi connectivity index (χ1n) is 22.2. The van der Waals surface area contributed by atoms with Gasteiger partial charge in [0, 0.05) is 81.3 Å². The number of nitrogens with zero attached hydrogens (tertiary/aromatic N) is 5. The molecule has 2 fully saturated rings. The zero-order valence-electron chi connectivity index (χ0n) is 36.9. The van der Waals surface area contributed by atoms with E-state index in [4.69, 9.17) is 35.5 Å². The van der Waals surface area contributed by atoms with E-state index in [0.717, 1.165) is 56.0 Å². The predicted molar refractivity (Wildman–Crippen MR) is 253 cm³/mol. The lowest BCUT2D eigenvalue weighted by molar-refractivity contribution is -0.384. The number of H-pyrrole nitrogens is 1. The number of hydrogen-bond acceptors (Lipinski definition) is 14. The quantitative estimate of drug-likeness (QED) is 0.0796. The largest absolute Gasteiger partial charge is 0.476 e. The molecule has 1 unspecified atom stereocenters. The van der Waals surface area contributed by atoms with E-state index in [1.54, 1.807) is 19.4 Å². The molecule has 3 N–H and O–H groups in total. The van der Waals surface area contributed by atoms with Crippen LogP contribution in [-0.4, -0.2) is 125 Å². The van der Waals surface area contributed by atoms with Crippen molar-refractivity contribution in [1.29, 1.82) is 0 Å². The van der Waals surface area contributed by atoms with Crippen molar-refractivity contribution in [1.82, 2.24) is 19.6 Å². The number of fused-ring (bicyclic) bond motifs is 2. The summed E-state index contributed by atoms with van der Waals surface area (Å²) in [5.74, 6) is -0.521. The maximum Gasteiger partial charge on any atom is 0.293 e. The Hall–Kier alpha value is -5.76. The number of halogens is 1. The van der Waals surface area contributed by atoms with Gasteiger partial charge in [-0.3, -0.25) is 19.8 Å². The Kier molecular flexibility index (Phi) is 13.2. The normalized spacial score (nSPS) is 20.7. The summed E-state index contributed by atoms with van der Waals surface area (Å²) in [6, 6.07) is 20.8. The van der Waals surface area contributed by atoms with Crippen LogP contribution in [-0.2, 0) is 24.2 Å². The summed E-state index contributed by atoms with van der Waals surface area (Å²) < 4.78 is 53.2. The average molecular weight is 942 g/mol. The number of ether oxygens (including phenoxy) is 4. The Morgan fingerprint density at radius 3 is 2.59 bits per heavy atom. The summed E-state index contributed by atoms with van der Waals surface area (Å²) in [7, 11) is -2.82. The Labute approximate surface area is 388 Å². The van der Waals surface area contributed by atoms with Gasteiger partial charge < -0.3 is 39.0 Å². The van der Waals surface area contributed by atoms with Crippen LogP contribution in [0.2, 0.25) is 5.02 Å². The molecule has 17 nitrogen and oxygen atoms in total. The van der Waals surface area contributed by atoms with Gasteiger partial charge in [-0.1, -0.05) is 23.7 Å². The van der Waals surface area contributed by atoms with Gasteiger partial charge in [0.15, 0.2) is 0 Å². The van der Waals surface area contributed by atoms with Crippen molar-refractivity contribution in [2.24, 2.45) is 0 Å². The van der Waals surface area contributed by atoms with Crippen molar-refractivity contribution in [3.8, 4) is 5.88 Å². The molecule has 2 atom stereocenters. The van der Waals surface area contributed by atoms with Crippen LogP contribution >= 0.6 is 11.6 Å². The van der Waals surface area contributed by atoms with Gasteiger partial charge in [-0.2, -0.15) is 4.98 Å². The molecule has 0 bridgehead atoms. The Morgan fingerprint density at radius 2 is 1.83 bits per heavy atom. The van der Waals surface area contributed by atoms with Gasteiger partial charge in [0.05, 0.1) is 59.2 Å². The number of anilines is 4. The minimum atomic E-state index is -4.60. The first kappa shape index (κ1) is 45.4. The van der Waals surface area contributed by atoms with E-state index < -0.39 is 31.4 Å². The van der Waals surface area contributed by atoms with E-state index in [2.05, 4.69) is 43.9 Å². The number of aromatic amines is 1. The lowest BCUT2D eigenvalue weighted by Gasteiger charge is -2.40. The van der Waals surface area contributed by atoms with E-state index >= 15 is 0 Å². The van der Waals surface area contributed by atoms with Crippen LogP contribution in [0.4, 0.5) is 28.4 Å². The van der Waals surface area contributed by atoms with Crippen molar-refractivity contribution in [2.45, 2.75) is 49.2 Å². The van der Waals surface area contributed by atoms with Crippen LogP contribution in [0.15, 0.2) is 89.5 Å². The highest BCUT2D eigenvalue weighted by molar-refractivity contribution is 7.90. The molecular weight excluding hydrogens is 888 g/mol. The van der Waals surface area contributed by atoms with Crippen LogP contribution in [0.25, 0.3) is 16.6 Å². The number of nitro benzene ring substituents is 1. The third-order valence-corrected chi connectivity index (χ3v) is 14.5. The highest BCUT2D eigenvalue weighted by Gasteiger charge is 2.34. The summed E-state index contributed by atoms with van der Waals surface area (Å²) in [5.41, 5.74) is 5.98. The number of sulfonamides is 1. The summed E-state index contributed by atoms with van der Waals surface area (Å²) >= 11 is 6.26. The molecule has 0 saturated carbocycles. The smallest absolute Gasteiger partial charge is 0.293 e. The molecule has 0 spiro atoms. The van der Waals surface area contributed by atoms with Gasteiger partial charge in [-0.25, -0.2) is 13.1 Å². The van der Waals surface area contributed by atoms with Crippen molar-refractivity contribution in [3.63, 3.8) is 0 Å². The molecule has 9 rings (SSSR count). The summed E-state index contributed by atoms with van der Waals surface area (Å²) in [6.07, 6.45) is 4.73. The van der Waals surface area contributed by atoms with Crippen LogP contribution < -0.4 is 24.6 Å². The lowest BCUT2D eigenvalue weighted by Crippen LogP contribution is -2.47. The number of carbonyl (C=O) groups excluding carboxylic acids is 1. The fourth-order valence-corrected chi connectivity index (χ4v) is 10.3. The number of nitro groups is 1. The first-order valence-corrected chi connectivity index (χ1v) is 24.0. The number of aromatic nitrogens is 2. The number of hydrogen-bond donors (Lipinski definition) is 3. The average Bonchev–Trinajstić information content (AvgIpc) is 3.69. The van der Waals surface area contributed by atoms with E-state index in [0.29, 0.717) is 80.4 Å². The molecule has 66 heavy (non-hydrogen) atoms. The van der Waals surface area contributed by atoms with Crippen molar-refractivity contribution < 1.29 is 37.1 Å². The maximum absolute atomic E-state index is 14.4. The fraction of sp³-hybridized carbons (Fsp3) is 0.404. The minimum absolute atomic E-state index is 0.0885. The molecule has 19 heteroatoms. The molecule has 5 aromatic rings. The number of pyridine rings is 1. The summed E-state index contributed by atoms with van der Waals surface area (Å²) in [6.45, 7) is 8.21. The van der Waals surface area contributed by atoms with E-state index in [1.807, 2.05) is 41.3 Å². The van der Waals surface area contributed by atoms with Crippen LogP contribution in [0, 0.1) is 10.1 Å². The molecule has 1 aliphatic carbocycles. The molecule has 348 valence electrons. The highest BCUT2D eigenvalue weighted by Crippen LogP contribution is 2.42. The van der Waals surface area contributed by atoms with Gasteiger partial charge in [0.1, 0.15) is 17.0 Å². The number of rotatable bonds is 13. The number of benzene rings is 3. The molecular formula is C47H53ClN8O9S. The second-order valence-corrected chi connectivity index (χ2v) is 19.4. The monoisotopic (exact) mass is 940 g/mol. The number of carbonyl (C=O) groups is 1. The maximum atomic E-state index is 14.4. The molecule has 5 heterocycles. The number of amides is 1. The number of nitrogens with one attached hydrogen (secondary N) is 3. The van der Waals surface area contributed by atoms with Crippen LogP contribution in [0.5, 0.6) is 5.88 Å². The van der Waals surface area contributed by atoms with Gasteiger partial charge >= 0.3 is 0 Å². The second kappa shape index (κ2) is 19.2. The third kappa shape index (κ3) is 9.84.